The number of anilines is 2. The zero-order chi connectivity index (χ0) is 55.7. The van der Waals surface area contributed by atoms with E-state index in [9.17, 15) is 28.0 Å². The normalized spacial score (nSPS) is 15.7. The van der Waals surface area contributed by atoms with Crippen LogP contribution < -0.4 is 20.1 Å². The molecule has 4 heterocycles. The summed E-state index contributed by atoms with van der Waals surface area (Å²) in [6.07, 6.45) is 8.81. The minimum Gasteiger partial charge on any atom is -0.494 e. The fourth-order valence-corrected chi connectivity index (χ4v) is 9.80. The summed E-state index contributed by atoms with van der Waals surface area (Å²) in [4.78, 5) is 67.2. The van der Waals surface area contributed by atoms with Crippen molar-refractivity contribution < 1.29 is 51.6 Å². The lowest BCUT2D eigenvalue weighted by Gasteiger charge is -2.32. The van der Waals surface area contributed by atoms with Gasteiger partial charge < -0.3 is 53.4 Å². The highest BCUT2D eigenvalue weighted by Crippen LogP contribution is 2.40. The van der Waals surface area contributed by atoms with Gasteiger partial charge in [0.25, 0.3) is 0 Å². The third-order valence-electron chi connectivity index (χ3n) is 13.7. The molecule has 2 atom stereocenters. The Morgan fingerprint density at radius 1 is 0.823 bits per heavy atom. The quantitative estimate of drug-likeness (QED) is 0.0325. The number of aldehydes is 1. The van der Waals surface area contributed by atoms with Crippen LogP contribution in [0.1, 0.15) is 67.1 Å². The number of benzene rings is 2. The van der Waals surface area contributed by atoms with Crippen molar-refractivity contribution in [3.8, 4) is 11.5 Å². The number of pyridine rings is 1. The van der Waals surface area contributed by atoms with Crippen molar-refractivity contribution in [3.63, 3.8) is 0 Å². The number of urea groups is 1. The number of hydrogen-bond acceptors (Lipinski definition) is 16. The van der Waals surface area contributed by atoms with Crippen molar-refractivity contribution in [1.82, 2.24) is 44.6 Å². The van der Waals surface area contributed by atoms with Gasteiger partial charge in [-0.15, -0.1) is 16.4 Å². The molecule has 7 rings (SSSR count). The molecule has 1 aliphatic heterocycles. The zero-order valence-electron chi connectivity index (χ0n) is 45.4. The summed E-state index contributed by atoms with van der Waals surface area (Å²) < 4.78 is 58.8. The number of piperazine rings is 1. The first-order valence-electron chi connectivity index (χ1n) is 27.1. The average Bonchev–Trinajstić information content (AvgIpc) is 4.21. The number of halogens is 2. The Bertz CT molecular complexity index is 2610. The summed E-state index contributed by atoms with van der Waals surface area (Å²) in [6, 6.07) is 16.7. The number of nitrogens with zero attached hydrogens (tertiary/aromatic N) is 9. The van der Waals surface area contributed by atoms with Crippen molar-refractivity contribution in [2.75, 3.05) is 123 Å². The molecule has 2 aromatic carbocycles. The predicted octanol–water partition coefficient (Wildman–Crippen LogP) is 6.69. The van der Waals surface area contributed by atoms with E-state index in [1.165, 1.54) is 16.2 Å². The lowest BCUT2D eigenvalue weighted by Crippen LogP contribution is -2.47. The SMILES string of the molecule is CN(CCCCOc1ccc(CCC(=O)N(CC2CCC(F)(F)C2)C(C=O)c2ccncc2)cc1)CCOCCOCCc1cn(CCOCCOc2ccc(NC(=O)Nc3nc(CC(=O)N4CCN(C)CC4)cs3)cc2)nn1. The van der Waals surface area contributed by atoms with Crippen LogP contribution in [0.2, 0.25) is 0 Å². The fourth-order valence-electron chi connectivity index (χ4n) is 9.09. The summed E-state index contributed by atoms with van der Waals surface area (Å²) in [7, 11) is 4.11. The predicted molar refractivity (Wildman–Crippen MR) is 295 cm³/mol. The van der Waals surface area contributed by atoms with E-state index in [2.05, 4.69) is 47.8 Å². The number of aromatic nitrogens is 5. The highest BCUT2D eigenvalue weighted by Gasteiger charge is 2.41. The Hall–Kier alpha value is -6.50. The monoisotopic (exact) mass is 1120 g/mol. The Morgan fingerprint density at radius 2 is 1.53 bits per heavy atom. The molecular weight excluding hydrogens is 1040 g/mol. The lowest BCUT2D eigenvalue weighted by atomic mass is 10.0. The molecule has 0 spiro atoms. The number of hydrogen-bond donors (Lipinski definition) is 2. The second-order valence-corrected chi connectivity index (χ2v) is 20.8. The van der Waals surface area contributed by atoms with Crippen molar-refractivity contribution >= 4 is 46.3 Å². The second kappa shape index (κ2) is 31.9. The Morgan fingerprint density at radius 3 is 2.27 bits per heavy atom. The zero-order valence-corrected chi connectivity index (χ0v) is 46.2. The molecule has 1 aliphatic carbocycles. The molecule has 2 unspecified atom stereocenters. The van der Waals surface area contributed by atoms with E-state index in [0.29, 0.717) is 126 Å². The van der Waals surface area contributed by atoms with E-state index in [1.54, 1.807) is 58.9 Å². The number of thiazole rings is 1. The van der Waals surface area contributed by atoms with Gasteiger partial charge in [0.05, 0.1) is 70.6 Å². The molecular formula is C56H75F2N11O9S. The van der Waals surface area contributed by atoms with Crippen LogP contribution >= 0.6 is 11.3 Å². The number of carbonyl (C=O) groups is 4. The van der Waals surface area contributed by atoms with Crippen LogP contribution in [0.25, 0.3) is 0 Å². The smallest absolute Gasteiger partial charge is 0.325 e. The molecule has 5 aromatic rings. The highest BCUT2D eigenvalue weighted by molar-refractivity contribution is 7.14. The molecule has 23 heteroatoms. The number of carbonyl (C=O) groups excluding carboxylic acids is 4. The number of amides is 4. The first-order chi connectivity index (χ1) is 38.4. The Labute approximate surface area is 465 Å². The van der Waals surface area contributed by atoms with Crippen LogP contribution in [-0.2, 0) is 54.4 Å². The summed E-state index contributed by atoms with van der Waals surface area (Å²) in [5, 5.41) is 16.2. The molecule has 2 N–H and O–H groups in total. The van der Waals surface area contributed by atoms with Gasteiger partial charge in [-0.25, -0.2) is 23.2 Å². The second-order valence-electron chi connectivity index (χ2n) is 19.9. The van der Waals surface area contributed by atoms with E-state index in [0.717, 1.165) is 56.0 Å². The van der Waals surface area contributed by atoms with Crippen LogP contribution in [0.3, 0.4) is 0 Å². The molecule has 20 nitrogen and oxygen atoms in total. The molecule has 79 heavy (non-hydrogen) atoms. The maximum atomic E-state index is 14.0. The van der Waals surface area contributed by atoms with Crippen LogP contribution in [0.5, 0.6) is 11.5 Å². The van der Waals surface area contributed by atoms with Gasteiger partial charge in [-0.2, -0.15) is 0 Å². The van der Waals surface area contributed by atoms with Gasteiger partial charge in [-0.3, -0.25) is 19.9 Å². The molecule has 2 aliphatic rings. The van der Waals surface area contributed by atoms with E-state index in [1.807, 2.05) is 42.4 Å². The van der Waals surface area contributed by atoms with Crippen LogP contribution in [-0.4, -0.2) is 187 Å². The summed E-state index contributed by atoms with van der Waals surface area (Å²) >= 11 is 1.28. The number of rotatable bonds is 34. The van der Waals surface area contributed by atoms with Gasteiger partial charge in [0.15, 0.2) is 5.13 Å². The first-order valence-corrected chi connectivity index (χ1v) is 28.0. The summed E-state index contributed by atoms with van der Waals surface area (Å²) in [5.74, 6) is -1.93. The third kappa shape index (κ3) is 21.2. The maximum Gasteiger partial charge on any atom is 0.325 e. The van der Waals surface area contributed by atoms with Crippen LogP contribution in [0, 0.1) is 5.92 Å². The highest BCUT2D eigenvalue weighted by atomic mass is 32.1. The van der Waals surface area contributed by atoms with Crippen LogP contribution in [0.4, 0.5) is 24.4 Å². The molecule has 0 radical (unpaired) electrons. The first kappa shape index (κ1) is 60.1. The van der Waals surface area contributed by atoms with E-state index < -0.39 is 18.0 Å². The van der Waals surface area contributed by atoms with Crippen molar-refractivity contribution in [1.29, 1.82) is 0 Å². The van der Waals surface area contributed by atoms with Gasteiger partial charge in [0, 0.05) is 94.6 Å². The van der Waals surface area contributed by atoms with Gasteiger partial charge in [0.2, 0.25) is 17.7 Å². The van der Waals surface area contributed by atoms with Crippen molar-refractivity contribution in [2.45, 2.75) is 76.3 Å². The minimum atomic E-state index is -2.74. The van der Waals surface area contributed by atoms with Gasteiger partial charge in [-0.05, 0) is 112 Å². The Kier molecular flexibility index (Phi) is 24.3. The van der Waals surface area contributed by atoms with Gasteiger partial charge >= 0.3 is 6.03 Å². The van der Waals surface area contributed by atoms with Crippen molar-refractivity contribution in [3.05, 3.63) is 107 Å². The Balaban J connectivity index is 0.648. The van der Waals surface area contributed by atoms with Crippen molar-refractivity contribution in [2.24, 2.45) is 5.92 Å². The number of likely N-dealkylation sites (N-methyl/N-ethyl adjacent to an activating group) is 2. The molecule has 1 saturated carbocycles. The molecule has 4 amide bonds. The van der Waals surface area contributed by atoms with E-state index >= 15 is 0 Å². The fraction of sp³-hybridized carbons (Fsp3) is 0.536. The molecule has 1 saturated heterocycles. The topological polar surface area (TPSA) is 208 Å². The number of nitrogens with one attached hydrogen (secondary N) is 2. The average molecular weight is 1120 g/mol. The summed E-state index contributed by atoms with van der Waals surface area (Å²) in [6.45, 7) is 9.36. The molecule has 2 fully saturated rings. The number of ether oxygens (including phenoxy) is 5. The lowest BCUT2D eigenvalue weighted by molar-refractivity contribution is -0.137. The third-order valence-corrected chi connectivity index (χ3v) is 14.5. The van der Waals surface area contributed by atoms with Gasteiger partial charge in [0.1, 0.15) is 30.4 Å². The maximum absolute atomic E-state index is 14.0. The molecule has 428 valence electrons. The van der Waals surface area contributed by atoms with E-state index in [-0.39, 0.29) is 50.0 Å². The number of unbranched alkanes of at least 4 members (excludes halogenated alkanes) is 1. The van der Waals surface area contributed by atoms with E-state index in [4.69, 9.17) is 23.7 Å². The standard InChI is InChI=1S/C56H75F2N11O9S/c1-65(22-3-4-29-77-49-10-5-43(6-11-49)7-14-52(71)69(39-44-15-19-56(57,58)38-44)51(41-70)45-16-20-59-21-17-45)27-31-75-34-33-74-30-18-47-40-68(64-63-47)28-32-76-35-36-78-50-12-8-46(9-13-50)60-54(73)62-55-61-48(42-79-55)37-53(72)67-25-23-66(2)24-26-67/h5-6,8-13,16-17,20-21,40-42,44,51H,3-4,7,14-15,18-19,22-39H2,1-2H3,(H2,60,61,62,73). The summed E-state index contributed by atoms with van der Waals surface area (Å²) in [5.41, 5.74) is 3.61. The number of alkyl halides is 2. The minimum absolute atomic E-state index is 0.0430. The molecule has 3 aromatic heterocycles. The number of aryl methyl sites for hydroxylation is 1. The largest absolute Gasteiger partial charge is 0.494 e. The molecule has 0 bridgehead atoms. The van der Waals surface area contributed by atoms with Gasteiger partial charge in [-0.1, -0.05) is 17.3 Å². The van der Waals surface area contributed by atoms with Crippen LogP contribution in [0.15, 0.2) is 84.6 Å².